The zero-order chi connectivity index (χ0) is 15.7. The summed E-state index contributed by atoms with van der Waals surface area (Å²) < 4.78 is 0. The van der Waals surface area contributed by atoms with Gasteiger partial charge in [0, 0.05) is 38.3 Å². The predicted molar refractivity (Wildman–Crippen MR) is 83.2 cm³/mol. The Bertz CT molecular complexity index is 558. The molecular formula is C16H22N4O2. The van der Waals surface area contributed by atoms with Crippen molar-refractivity contribution in [2.24, 2.45) is 17.6 Å². The highest BCUT2D eigenvalue weighted by Gasteiger charge is 2.40. The summed E-state index contributed by atoms with van der Waals surface area (Å²) >= 11 is 0. The first kappa shape index (κ1) is 14.8. The number of benzene rings is 1. The molecule has 2 fully saturated rings. The van der Waals surface area contributed by atoms with Crippen LogP contribution in [0.3, 0.4) is 0 Å². The Hall–Kier alpha value is -2.08. The van der Waals surface area contributed by atoms with Crippen LogP contribution < -0.4 is 11.1 Å². The molecule has 0 bridgehead atoms. The van der Waals surface area contributed by atoms with Gasteiger partial charge in [-0.3, -0.25) is 4.79 Å². The van der Waals surface area contributed by atoms with Gasteiger partial charge in [0.15, 0.2) is 0 Å². The third kappa shape index (κ3) is 3.06. The van der Waals surface area contributed by atoms with Crippen molar-refractivity contribution in [2.45, 2.75) is 6.54 Å². The fourth-order valence-electron chi connectivity index (χ4n) is 3.47. The molecule has 118 valence electrons. The molecule has 2 heterocycles. The fraction of sp³-hybridized carbons (Fsp3) is 0.500. The van der Waals surface area contributed by atoms with E-state index in [1.165, 1.54) is 0 Å². The summed E-state index contributed by atoms with van der Waals surface area (Å²) in [4.78, 5) is 27.5. The van der Waals surface area contributed by atoms with Crippen LogP contribution in [0.5, 0.6) is 0 Å². The van der Waals surface area contributed by atoms with Gasteiger partial charge in [-0.2, -0.15) is 0 Å². The first-order valence-electron chi connectivity index (χ1n) is 7.63. The quantitative estimate of drug-likeness (QED) is 0.853. The molecule has 1 aromatic carbocycles. The number of urea groups is 1. The number of rotatable bonds is 3. The van der Waals surface area contributed by atoms with Crippen LogP contribution in [0, 0.1) is 11.8 Å². The van der Waals surface area contributed by atoms with Crippen molar-refractivity contribution in [3.8, 4) is 0 Å². The molecule has 0 aliphatic carbocycles. The zero-order valence-corrected chi connectivity index (χ0v) is 12.8. The first-order chi connectivity index (χ1) is 10.5. The van der Waals surface area contributed by atoms with Gasteiger partial charge in [0.2, 0.25) is 5.91 Å². The molecule has 0 radical (unpaired) electrons. The fourth-order valence-corrected chi connectivity index (χ4v) is 3.47. The van der Waals surface area contributed by atoms with Crippen LogP contribution in [0.25, 0.3) is 0 Å². The van der Waals surface area contributed by atoms with E-state index >= 15 is 0 Å². The number of nitrogens with two attached hydrogens (primary N) is 1. The maximum Gasteiger partial charge on any atom is 0.317 e. The van der Waals surface area contributed by atoms with Crippen molar-refractivity contribution < 1.29 is 9.59 Å². The number of carbonyl (C=O) groups is 2. The van der Waals surface area contributed by atoms with E-state index in [1.807, 2.05) is 17.0 Å². The normalized spacial score (nSPS) is 24.3. The van der Waals surface area contributed by atoms with Gasteiger partial charge in [0.25, 0.3) is 0 Å². The van der Waals surface area contributed by atoms with Crippen LogP contribution >= 0.6 is 0 Å². The van der Waals surface area contributed by atoms with Crippen molar-refractivity contribution in [2.75, 3.05) is 33.2 Å². The molecule has 2 atom stereocenters. The van der Waals surface area contributed by atoms with Gasteiger partial charge in [-0.05, 0) is 36.6 Å². The van der Waals surface area contributed by atoms with E-state index in [0.29, 0.717) is 23.9 Å². The minimum atomic E-state index is -0.441. The monoisotopic (exact) mass is 302 g/mol. The molecule has 2 aliphatic rings. The highest BCUT2D eigenvalue weighted by molar-refractivity contribution is 5.92. The van der Waals surface area contributed by atoms with E-state index in [4.69, 9.17) is 5.73 Å². The number of carbonyl (C=O) groups excluding carboxylic acids is 2. The summed E-state index contributed by atoms with van der Waals surface area (Å²) in [6, 6.07) is 6.98. The summed E-state index contributed by atoms with van der Waals surface area (Å²) in [5, 5.41) is 2.95. The van der Waals surface area contributed by atoms with Crippen LogP contribution in [-0.2, 0) is 6.54 Å². The minimum absolute atomic E-state index is 0.00368. The average Bonchev–Trinajstić information content (AvgIpc) is 3.02. The number of likely N-dealkylation sites (tertiary alicyclic amines) is 2. The number of amides is 3. The van der Waals surface area contributed by atoms with E-state index in [0.717, 1.165) is 31.7 Å². The Morgan fingerprint density at radius 3 is 2.27 bits per heavy atom. The van der Waals surface area contributed by atoms with Gasteiger partial charge in [-0.1, -0.05) is 12.1 Å². The molecule has 6 heteroatoms. The molecular weight excluding hydrogens is 280 g/mol. The molecule has 0 unspecified atom stereocenters. The Morgan fingerprint density at radius 1 is 1.14 bits per heavy atom. The van der Waals surface area contributed by atoms with Crippen molar-refractivity contribution in [3.05, 3.63) is 35.4 Å². The lowest BCUT2D eigenvalue weighted by atomic mass is 10.0. The van der Waals surface area contributed by atoms with E-state index in [1.54, 1.807) is 12.1 Å². The third-order valence-electron chi connectivity index (χ3n) is 4.64. The highest BCUT2D eigenvalue weighted by atomic mass is 16.2. The number of nitrogens with one attached hydrogen (secondary N) is 1. The molecule has 0 spiro atoms. The molecule has 3 amide bonds. The Morgan fingerprint density at radius 2 is 1.73 bits per heavy atom. The molecule has 6 nitrogen and oxygen atoms in total. The molecule has 2 saturated heterocycles. The number of nitrogens with zero attached hydrogens (tertiary/aromatic N) is 2. The molecule has 1 aromatic rings. The third-order valence-corrected chi connectivity index (χ3v) is 4.64. The Kier molecular flexibility index (Phi) is 4.02. The lowest BCUT2D eigenvalue weighted by molar-refractivity contribution is 0.1000. The highest BCUT2D eigenvalue weighted by Crippen LogP contribution is 2.29. The zero-order valence-electron chi connectivity index (χ0n) is 12.8. The van der Waals surface area contributed by atoms with Crippen molar-refractivity contribution in [1.29, 1.82) is 0 Å². The predicted octanol–water partition coefficient (Wildman–Crippen LogP) is 0.489. The number of hydrogen-bond donors (Lipinski definition) is 2. The van der Waals surface area contributed by atoms with Crippen LogP contribution in [0.2, 0.25) is 0 Å². The average molecular weight is 302 g/mol. The van der Waals surface area contributed by atoms with E-state index in [-0.39, 0.29) is 6.03 Å². The number of primary amides is 1. The van der Waals surface area contributed by atoms with Crippen LogP contribution in [0.4, 0.5) is 4.79 Å². The lowest BCUT2D eigenvalue weighted by Gasteiger charge is -2.20. The Labute approximate surface area is 130 Å². The number of hydrogen-bond acceptors (Lipinski definition) is 3. The molecule has 3 N–H and O–H groups in total. The lowest BCUT2D eigenvalue weighted by Crippen LogP contribution is -2.39. The van der Waals surface area contributed by atoms with Crippen LogP contribution in [-0.4, -0.2) is 55.0 Å². The molecule has 22 heavy (non-hydrogen) atoms. The standard InChI is InChI=1S/C16H22N4O2/c1-19-7-13-9-20(10-14(13)8-19)16(22)18-6-11-2-4-12(5-3-11)15(17)21/h2-5,13-14H,6-10H2,1H3,(H2,17,21)(H,18,22)/t13-,14+. The summed E-state index contributed by atoms with van der Waals surface area (Å²) in [6.07, 6.45) is 0. The molecule has 0 saturated carbocycles. The van der Waals surface area contributed by atoms with E-state index < -0.39 is 5.91 Å². The SMILES string of the molecule is CN1C[C@@H]2CN(C(=O)NCc3ccc(C(N)=O)cc3)C[C@@H]2C1. The van der Waals surface area contributed by atoms with Crippen molar-refractivity contribution in [3.63, 3.8) is 0 Å². The second-order valence-electron chi connectivity index (χ2n) is 6.37. The summed E-state index contributed by atoms with van der Waals surface area (Å²) in [6.45, 7) is 4.33. The van der Waals surface area contributed by atoms with Gasteiger partial charge in [0.05, 0.1) is 0 Å². The summed E-state index contributed by atoms with van der Waals surface area (Å²) in [5.74, 6) is 0.792. The van der Waals surface area contributed by atoms with Gasteiger partial charge in [-0.15, -0.1) is 0 Å². The maximum absolute atomic E-state index is 12.2. The van der Waals surface area contributed by atoms with Gasteiger partial charge in [-0.25, -0.2) is 4.79 Å². The van der Waals surface area contributed by atoms with Gasteiger partial charge >= 0.3 is 6.03 Å². The smallest absolute Gasteiger partial charge is 0.317 e. The van der Waals surface area contributed by atoms with Crippen molar-refractivity contribution in [1.82, 2.24) is 15.1 Å². The molecule has 2 aliphatic heterocycles. The largest absolute Gasteiger partial charge is 0.366 e. The van der Waals surface area contributed by atoms with Gasteiger partial charge < -0.3 is 20.9 Å². The molecule has 3 rings (SSSR count). The van der Waals surface area contributed by atoms with E-state index in [9.17, 15) is 9.59 Å². The second-order valence-corrected chi connectivity index (χ2v) is 6.37. The summed E-state index contributed by atoms with van der Waals surface area (Å²) in [7, 11) is 2.14. The van der Waals surface area contributed by atoms with E-state index in [2.05, 4.69) is 17.3 Å². The second kappa shape index (κ2) is 5.96. The maximum atomic E-state index is 12.2. The number of fused-ring (bicyclic) bond motifs is 1. The summed E-state index contributed by atoms with van der Waals surface area (Å²) in [5.41, 5.74) is 6.64. The van der Waals surface area contributed by atoms with Crippen LogP contribution in [0.15, 0.2) is 24.3 Å². The molecule has 0 aromatic heterocycles. The van der Waals surface area contributed by atoms with Crippen LogP contribution in [0.1, 0.15) is 15.9 Å². The Balaban J connectivity index is 1.50. The topological polar surface area (TPSA) is 78.7 Å². The first-order valence-corrected chi connectivity index (χ1v) is 7.63. The minimum Gasteiger partial charge on any atom is -0.366 e. The van der Waals surface area contributed by atoms with Gasteiger partial charge in [0.1, 0.15) is 0 Å². The van der Waals surface area contributed by atoms with Crippen molar-refractivity contribution >= 4 is 11.9 Å².